The summed E-state index contributed by atoms with van der Waals surface area (Å²) < 4.78 is 51.6. The molecule has 19 heavy (non-hydrogen) atoms. The summed E-state index contributed by atoms with van der Waals surface area (Å²) in [5, 5.41) is 0.513. The molecule has 0 aromatic heterocycles. The van der Waals surface area contributed by atoms with Crippen LogP contribution in [0.4, 0.5) is 17.6 Å². The van der Waals surface area contributed by atoms with Crippen LogP contribution >= 0.6 is 15.9 Å². The van der Waals surface area contributed by atoms with E-state index in [1.807, 2.05) is 0 Å². The molecular weight excluding hydrogens is 324 g/mol. The molecule has 0 amide bonds. The van der Waals surface area contributed by atoms with Crippen LogP contribution in [0.15, 0.2) is 42.5 Å². The summed E-state index contributed by atoms with van der Waals surface area (Å²) in [4.78, 5) is 0. The highest BCUT2D eigenvalue weighted by molar-refractivity contribution is 9.08. The van der Waals surface area contributed by atoms with E-state index in [9.17, 15) is 17.6 Å². The van der Waals surface area contributed by atoms with Crippen molar-refractivity contribution in [1.29, 1.82) is 0 Å². The van der Waals surface area contributed by atoms with Crippen molar-refractivity contribution in [3.05, 3.63) is 59.4 Å². The van der Waals surface area contributed by atoms with Crippen molar-refractivity contribution in [1.82, 2.24) is 0 Å². The molecule has 0 bridgehead atoms. The summed E-state index contributed by atoms with van der Waals surface area (Å²) in [6.45, 7) is 0. The Bertz CT molecular complexity index is 590. The molecule has 2 rings (SSSR count). The molecule has 0 saturated heterocycles. The van der Waals surface area contributed by atoms with Crippen molar-refractivity contribution in [3.63, 3.8) is 0 Å². The smallest absolute Gasteiger partial charge is 0.206 e. The molecule has 2 aromatic carbocycles. The lowest BCUT2D eigenvalue weighted by atomic mass is 10.0. The predicted octanol–water partition coefficient (Wildman–Crippen LogP) is 5.41. The Balaban J connectivity index is 2.53. The summed E-state index contributed by atoms with van der Waals surface area (Å²) >= 11 is 3.23. The average molecular weight is 333 g/mol. The Morgan fingerprint density at radius 3 is 2.37 bits per heavy atom. The molecule has 100 valence electrons. The molecule has 0 aliphatic rings. The van der Waals surface area contributed by atoms with Gasteiger partial charge in [0.05, 0.1) is 5.56 Å². The van der Waals surface area contributed by atoms with Gasteiger partial charge >= 0.3 is 6.18 Å². The summed E-state index contributed by atoms with van der Waals surface area (Å²) in [6, 6.07) is 9.04. The summed E-state index contributed by atoms with van der Waals surface area (Å²) in [6.07, 6.45) is -4.43. The zero-order chi connectivity index (χ0) is 14.0. The minimum atomic E-state index is -4.43. The van der Waals surface area contributed by atoms with E-state index < -0.39 is 17.6 Å². The minimum Gasteiger partial charge on any atom is -0.206 e. The second-order valence-corrected chi connectivity index (χ2v) is 4.59. The average Bonchev–Trinajstić information content (AvgIpc) is 2.38. The van der Waals surface area contributed by atoms with Gasteiger partial charge in [0.1, 0.15) is 5.82 Å². The van der Waals surface area contributed by atoms with Crippen molar-refractivity contribution in [2.75, 3.05) is 0 Å². The van der Waals surface area contributed by atoms with E-state index in [0.717, 1.165) is 17.7 Å². The van der Waals surface area contributed by atoms with Gasteiger partial charge in [-0.3, -0.25) is 0 Å². The SMILES string of the molecule is Fc1ccc(CBr)cc1-c1cccc(C(F)(F)F)c1. The van der Waals surface area contributed by atoms with E-state index in [4.69, 9.17) is 0 Å². The Morgan fingerprint density at radius 2 is 1.74 bits per heavy atom. The van der Waals surface area contributed by atoms with Gasteiger partial charge < -0.3 is 0 Å². The lowest BCUT2D eigenvalue weighted by Gasteiger charge is -2.10. The van der Waals surface area contributed by atoms with Gasteiger partial charge in [0.15, 0.2) is 0 Å². The Morgan fingerprint density at radius 1 is 1.00 bits per heavy atom. The maximum absolute atomic E-state index is 13.7. The Labute approximate surface area is 116 Å². The normalized spacial score (nSPS) is 11.6. The van der Waals surface area contributed by atoms with Gasteiger partial charge in [-0.2, -0.15) is 13.2 Å². The second-order valence-electron chi connectivity index (χ2n) is 4.03. The van der Waals surface area contributed by atoms with Crippen LogP contribution in [0.5, 0.6) is 0 Å². The first-order chi connectivity index (χ1) is 8.91. The van der Waals surface area contributed by atoms with Crippen molar-refractivity contribution in [2.45, 2.75) is 11.5 Å². The standard InChI is InChI=1S/C14H9BrF4/c15-8-9-4-5-13(16)12(6-9)10-2-1-3-11(7-10)14(17,18)19/h1-7H,8H2. The van der Waals surface area contributed by atoms with E-state index in [0.29, 0.717) is 5.33 Å². The van der Waals surface area contributed by atoms with Gasteiger partial charge in [0.25, 0.3) is 0 Å². The lowest BCUT2D eigenvalue weighted by molar-refractivity contribution is -0.137. The first-order valence-electron chi connectivity index (χ1n) is 5.44. The topological polar surface area (TPSA) is 0 Å². The molecule has 0 aliphatic heterocycles. The molecule has 0 atom stereocenters. The molecule has 0 aliphatic carbocycles. The van der Waals surface area contributed by atoms with Gasteiger partial charge in [-0.25, -0.2) is 4.39 Å². The number of hydrogen-bond donors (Lipinski definition) is 0. The molecule has 2 aromatic rings. The van der Waals surface area contributed by atoms with Gasteiger partial charge in [-0.15, -0.1) is 0 Å². The molecule has 5 heteroatoms. The van der Waals surface area contributed by atoms with Crippen molar-refractivity contribution in [2.24, 2.45) is 0 Å². The van der Waals surface area contributed by atoms with Crippen LogP contribution in [-0.4, -0.2) is 0 Å². The maximum atomic E-state index is 13.7. The lowest BCUT2D eigenvalue weighted by Crippen LogP contribution is -2.04. The quantitative estimate of drug-likeness (QED) is 0.509. The van der Waals surface area contributed by atoms with Gasteiger partial charge in [0.2, 0.25) is 0 Å². The number of hydrogen-bond acceptors (Lipinski definition) is 0. The zero-order valence-electron chi connectivity index (χ0n) is 9.64. The highest BCUT2D eigenvalue weighted by Gasteiger charge is 2.30. The zero-order valence-corrected chi connectivity index (χ0v) is 11.2. The molecular formula is C14H9BrF4. The molecule has 0 nitrogen and oxygen atoms in total. The van der Waals surface area contributed by atoms with Crippen LogP contribution in [0.3, 0.4) is 0 Å². The van der Waals surface area contributed by atoms with Crippen molar-refractivity contribution in [3.8, 4) is 11.1 Å². The fraction of sp³-hybridized carbons (Fsp3) is 0.143. The third-order valence-electron chi connectivity index (χ3n) is 2.69. The monoisotopic (exact) mass is 332 g/mol. The second kappa shape index (κ2) is 5.33. The highest BCUT2D eigenvalue weighted by atomic mass is 79.9. The molecule has 0 saturated carbocycles. The van der Waals surface area contributed by atoms with E-state index in [1.165, 1.54) is 18.2 Å². The molecule has 0 spiro atoms. The van der Waals surface area contributed by atoms with Crippen LogP contribution in [0.25, 0.3) is 11.1 Å². The number of alkyl halides is 4. The maximum Gasteiger partial charge on any atom is 0.416 e. The number of benzene rings is 2. The van der Waals surface area contributed by atoms with Crippen molar-refractivity contribution < 1.29 is 17.6 Å². The summed E-state index contributed by atoms with van der Waals surface area (Å²) in [7, 11) is 0. The van der Waals surface area contributed by atoms with Crippen molar-refractivity contribution >= 4 is 15.9 Å². The molecule has 0 fully saturated rings. The highest BCUT2D eigenvalue weighted by Crippen LogP contribution is 2.33. The third-order valence-corrected chi connectivity index (χ3v) is 3.33. The number of rotatable bonds is 2. The number of halogens is 5. The van der Waals surface area contributed by atoms with Crippen LogP contribution in [0.1, 0.15) is 11.1 Å². The van der Waals surface area contributed by atoms with Crippen LogP contribution < -0.4 is 0 Å². The fourth-order valence-electron chi connectivity index (χ4n) is 1.74. The van der Waals surface area contributed by atoms with Gasteiger partial charge in [-0.1, -0.05) is 34.1 Å². The first kappa shape index (κ1) is 14.1. The first-order valence-corrected chi connectivity index (χ1v) is 6.56. The Kier molecular flexibility index (Phi) is 3.94. The predicted molar refractivity (Wildman–Crippen MR) is 69.5 cm³/mol. The molecule has 0 N–H and O–H groups in total. The van der Waals surface area contributed by atoms with E-state index in [-0.39, 0.29) is 11.1 Å². The third kappa shape index (κ3) is 3.15. The van der Waals surface area contributed by atoms with Gasteiger partial charge in [-0.05, 0) is 35.4 Å². The van der Waals surface area contributed by atoms with Crippen LogP contribution in [0.2, 0.25) is 0 Å². The van der Waals surface area contributed by atoms with E-state index >= 15 is 0 Å². The summed E-state index contributed by atoms with van der Waals surface area (Å²) in [5.74, 6) is -0.538. The van der Waals surface area contributed by atoms with E-state index in [2.05, 4.69) is 15.9 Å². The largest absolute Gasteiger partial charge is 0.416 e. The van der Waals surface area contributed by atoms with Crippen LogP contribution in [-0.2, 0) is 11.5 Å². The van der Waals surface area contributed by atoms with Crippen LogP contribution in [0, 0.1) is 5.82 Å². The minimum absolute atomic E-state index is 0.169. The molecule has 0 radical (unpaired) electrons. The molecule has 0 unspecified atom stereocenters. The summed E-state index contributed by atoms with van der Waals surface area (Å²) in [5.41, 5.74) is 0.403. The fourth-order valence-corrected chi connectivity index (χ4v) is 2.09. The van der Waals surface area contributed by atoms with E-state index in [1.54, 1.807) is 12.1 Å². The van der Waals surface area contributed by atoms with Gasteiger partial charge in [0, 0.05) is 10.9 Å². The molecule has 0 heterocycles. The Hall–Kier alpha value is -1.36.